The van der Waals surface area contributed by atoms with Gasteiger partial charge in [0.1, 0.15) is 6.33 Å². The highest BCUT2D eigenvalue weighted by molar-refractivity contribution is 5.66. The lowest BCUT2D eigenvalue weighted by molar-refractivity contribution is 0.170. The van der Waals surface area contributed by atoms with E-state index in [0.717, 1.165) is 43.1 Å². The Kier molecular flexibility index (Phi) is 5.06. The molecular formula is C19H25N7. The first-order valence-electron chi connectivity index (χ1n) is 9.43. The molecule has 1 N–H and O–H groups in total. The number of hydrogen-bond acceptors (Lipinski definition) is 6. The van der Waals surface area contributed by atoms with Crippen molar-refractivity contribution >= 4 is 11.3 Å². The molecule has 0 saturated carbocycles. The van der Waals surface area contributed by atoms with E-state index >= 15 is 0 Å². The van der Waals surface area contributed by atoms with Crippen LogP contribution in [0.25, 0.3) is 5.65 Å². The lowest BCUT2D eigenvalue weighted by atomic mass is 10.0. The zero-order valence-electron chi connectivity index (χ0n) is 15.2. The van der Waals surface area contributed by atoms with Gasteiger partial charge in [-0.1, -0.05) is 19.4 Å². The Morgan fingerprint density at radius 3 is 2.88 bits per heavy atom. The van der Waals surface area contributed by atoms with Crippen molar-refractivity contribution in [3.05, 3.63) is 48.2 Å². The number of nitrogens with one attached hydrogen (secondary N) is 1. The monoisotopic (exact) mass is 351 g/mol. The van der Waals surface area contributed by atoms with Crippen LogP contribution in [0.2, 0.25) is 0 Å². The molecule has 7 heteroatoms. The number of aryl methyl sites for hydroxylation is 1. The van der Waals surface area contributed by atoms with Gasteiger partial charge in [-0.05, 0) is 50.0 Å². The number of likely N-dealkylation sites (tertiary alicyclic amines) is 1. The van der Waals surface area contributed by atoms with Crippen molar-refractivity contribution in [3.8, 4) is 0 Å². The van der Waals surface area contributed by atoms with Gasteiger partial charge in [0.25, 0.3) is 0 Å². The summed E-state index contributed by atoms with van der Waals surface area (Å²) in [6.45, 7) is 5.19. The molecule has 26 heavy (non-hydrogen) atoms. The van der Waals surface area contributed by atoms with Crippen LogP contribution in [0.1, 0.15) is 43.5 Å². The van der Waals surface area contributed by atoms with E-state index in [1.165, 1.54) is 24.8 Å². The molecule has 1 atom stereocenters. The molecule has 1 fully saturated rings. The molecule has 0 amide bonds. The number of nitrogens with zero attached hydrogens (tertiary/aromatic N) is 6. The average Bonchev–Trinajstić information content (AvgIpc) is 3.18. The van der Waals surface area contributed by atoms with Crippen LogP contribution in [0.5, 0.6) is 0 Å². The predicted molar refractivity (Wildman–Crippen MR) is 101 cm³/mol. The van der Waals surface area contributed by atoms with E-state index in [2.05, 4.69) is 49.6 Å². The Morgan fingerprint density at radius 1 is 1.23 bits per heavy atom. The molecule has 1 unspecified atom stereocenters. The first-order valence-corrected chi connectivity index (χ1v) is 9.43. The van der Waals surface area contributed by atoms with Crippen molar-refractivity contribution in [1.82, 2.24) is 29.7 Å². The van der Waals surface area contributed by atoms with Crippen LogP contribution in [0, 0.1) is 0 Å². The Morgan fingerprint density at radius 2 is 2.12 bits per heavy atom. The van der Waals surface area contributed by atoms with Crippen LogP contribution in [-0.4, -0.2) is 49.3 Å². The van der Waals surface area contributed by atoms with Crippen molar-refractivity contribution in [2.75, 3.05) is 25.0 Å². The third-order valence-corrected chi connectivity index (χ3v) is 5.07. The fraction of sp³-hybridized carbons (Fsp3) is 0.474. The molecular weight excluding hydrogens is 326 g/mol. The summed E-state index contributed by atoms with van der Waals surface area (Å²) in [4.78, 5) is 6.90. The van der Waals surface area contributed by atoms with E-state index < -0.39 is 0 Å². The van der Waals surface area contributed by atoms with E-state index in [1.54, 1.807) is 10.8 Å². The third-order valence-electron chi connectivity index (χ3n) is 5.07. The van der Waals surface area contributed by atoms with E-state index in [1.807, 2.05) is 18.5 Å². The van der Waals surface area contributed by atoms with Crippen molar-refractivity contribution in [3.63, 3.8) is 0 Å². The van der Waals surface area contributed by atoms with Gasteiger partial charge in [-0.2, -0.15) is 9.61 Å². The van der Waals surface area contributed by atoms with Crippen LogP contribution in [0.3, 0.4) is 0 Å². The molecule has 136 valence electrons. The van der Waals surface area contributed by atoms with Gasteiger partial charge in [-0.25, -0.2) is 0 Å². The Balaban J connectivity index is 1.59. The third kappa shape index (κ3) is 3.53. The summed E-state index contributed by atoms with van der Waals surface area (Å²) in [6.07, 6.45) is 10.2. The predicted octanol–water partition coefficient (Wildman–Crippen LogP) is 2.72. The molecule has 1 aliphatic rings. The molecule has 0 aliphatic carbocycles. The van der Waals surface area contributed by atoms with Gasteiger partial charge in [-0.15, -0.1) is 10.2 Å². The zero-order chi connectivity index (χ0) is 17.8. The number of rotatable bonds is 6. The van der Waals surface area contributed by atoms with Gasteiger partial charge in [0.05, 0.1) is 17.4 Å². The maximum atomic E-state index is 4.52. The molecule has 1 saturated heterocycles. The van der Waals surface area contributed by atoms with E-state index in [4.69, 9.17) is 0 Å². The Labute approximate surface area is 153 Å². The van der Waals surface area contributed by atoms with E-state index in [0.29, 0.717) is 6.04 Å². The van der Waals surface area contributed by atoms with Crippen LogP contribution < -0.4 is 5.32 Å². The second-order valence-electron chi connectivity index (χ2n) is 6.78. The lowest BCUT2D eigenvalue weighted by Gasteiger charge is -2.35. The molecule has 3 aromatic heterocycles. The summed E-state index contributed by atoms with van der Waals surface area (Å²) in [6, 6.07) is 6.57. The molecule has 0 radical (unpaired) electrons. The molecule has 0 aromatic carbocycles. The topological polar surface area (TPSA) is 71.2 Å². The largest absolute Gasteiger partial charge is 0.380 e. The number of anilines is 1. The summed E-state index contributed by atoms with van der Waals surface area (Å²) >= 11 is 0. The summed E-state index contributed by atoms with van der Waals surface area (Å²) in [5.74, 6) is 0. The molecule has 4 heterocycles. The molecule has 0 spiro atoms. The SMILES string of the molecule is CCc1cc(NCC(c2cccnc2)N2CCCCC2)c2nncn2n1. The summed E-state index contributed by atoms with van der Waals surface area (Å²) < 4.78 is 1.75. The quantitative estimate of drug-likeness (QED) is 0.736. The van der Waals surface area contributed by atoms with Crippen LogP contribution >= 0.6 is 0 Å². The van der Waals surface area contributed by atoms with Gasteiger partial charge in [-0.3, -0.25) is 9.88 Å². The summed E-state index contributed by atoms with van der Waals surface area (Å²) in [7, 11) is 0. The zero-order valence-corrected chi connectivity index (χ0v) is 15.2. The van der Waals surface area contributed by atoms with Crippen LogP contribution in [0.4, 0.5) is 5.69 Å². The minimum Gasteiger partial charge on any atom is -0.380 e. The summed E-state index contributed by atoms with van der Waals surface area (Å²) in [5, 5.41) is 16.4. The normalized spacial score (nSPS) is 16.7. The average molecular weight is 351 g/mol. The molecule has 7 nitrogen and oxygen atoms in total. The molecule has 3 aromatic rings. The number of piperidine rings is 1. The number of hydrogen-bond donors (Lipinski definition) is 1. The highest BCUT2D eigenvalue weighted by Crippen LogP contribution is 2.25. The maximum Gasteiger partial charge on any atom is 0.200 e. The smallest absolute Gasteiger partial charge is 0.200 e. The summed E-state index contributed by atoms with van der Waals surface area (Å²) in [5.41, 5.74) is 4.03. The fourth-order valence-electron chi connectivity index (χ4n) is 3.65. The number of aromatic nitrogens is 5. The van der Waals surface area contributed by atoms with Crippen LogP contribution in [-0.2, 0) is 6.42 Å². The first kappa shape index (κ1) is 16.9. The Bertz CT molecular complexity index is 839. The molecule has 4 rings (SSSR count). The van der Waals surface area contributed by atoms with Gasteiger partial charge < -0.3 is 5.32 Å². The van der Waals surface area contributed by atoms with Gasteiger partial charge in [0, 0.05) is 18.9 Å². The number of pyridine rings is 1. The van der Waals surface area contributed by atoms with Crippen LogP contribution in [0.15, 0.2) is 36.9 Å². The van der Waals surface area contributed by atoms with Crippen molar-refractivity contribution < 1.29 is 0 Å². The highest BCUT2D eigenvalue weighted by atomic mass is 15.3. The Hall–Kier alpha value is -2.54. The van der Waals surface area contributed by atoms with Gasteiger partial charge >= 0.3 is 0 Å². The van der Waals surface area contributed by atoms with Gasteiger partial charge in [0.2, 0.25) is 5.65 Å². The lowest BCUT2D eigenvalue weighted by Crippen LogP contribution is -2.37. The molecule has 1 aliphatic heterocycles. The maximum absolute atomic E-state index is 4.52. The second-order valence-corrected chi connectivity index (χ2v) is 6.78. The van der Waals surface area contributed by atoms with Crippen molar-refractivity contribution in [2.24, 2.45) is 0 Å². The first-order chi connectivity index (χ1) is 12.8. The minimum absolute atomic E-state index is 0.296. The van der Waals surface area contributed by atoms with E-state index in [9.17, 15) is 0 Å². The minimum atomic E-state index is 0.296. The van der Waals surface area contributed by atoms with Crippen molar-refractivity contribution in [1.29, 1.82) is 0 Å². The van der Waals surface area contributed by atoms with E-state index in [-0.39, 0.29) is 0 Å². The fourth-order valence-corrected chi connectivity index (χ4v) is 3.65. The number of fused-ring (bicyclic) bond motifs is 1. The van der Waals surface area contributed by atoms with Gasteiger partial charge in [0.15, 0.2) is 0 Å². The standard InChI is InChI=1S/C19H25N7/c1-2-16-11-17(19-23-22-14-26(19)24-16)21-13-18(15-7-6-8-20-12-15)25-9-4-3-5-10-25/h6-8,11-12,14,18,21H,2-5,9-10,13H2,1H3. The highest BCUT2D eigenvalue weighted by Gasteiger charge is 2.23. The molecule has 0 bridgehead atoms. The van der Waals surface area contributed by atoms with Crippen molar-refractivity contribution in [2.45, 2.75) is 38.6 Å². The second kappa shape index (κ2) is 7.78.